The standard InChI is InChI=1S/C31H20ClN5O4/c32-19-10-6-9-18(13-19)23-25-26(41-31(23)27(38)20-11-4-5-12-21(20)28(31)39)24-22(14-33-30-34-16-35-37(24)30)29(40)36(25)15-17-7-2-1-3-8-17/h1-14,16,23,25-26H,15H2/t23-,25-,26+/m1/s1. The zero-order chi connectivity index (χ0) is 27.9. The van der Waals surface area contributed by atoms with Crippen LogP contribution < -0.4 is 0 Å². The molecule has 41 heavy (non-hydrogen) atoms. The summed E-state index contributed by atoms with van der Waals surface area (Å²) in [5.41, 5.74) is 0.866. The molecule has 2 aliphatic heterocycles. The number of amides is 1. The van der Waals surface area contributed by atoms with Crippen molar-refractivity contribution in [1.29, 1.82) is 0 Å². The fourth-order valence-corrected chi connectivity index (χ4v) is 6.90. The molecule has 1 aliphatic carbocycles. The monoisotopic (exact) mass is 561 g/mol. The maximum absolute atomic E-state index is 14.4. The van der Waals surface area contributed by atoms with Crippen molar-refractivity contribution in [3.63, 3.8) is 0 Å². The first-order valence-corrected chi connectivity index (χ1v) is 13.5. The van der Waals surface area contributed by atoms with Gasteiger partial charge in [-0.1, -0.05) is 78.3 Å². The first-order valence-electron chi connectivity index (χ1n) is 13.1. The minimum Gasteiger partial charge on any atom is -0.346 e. The van der Waals surface area contributed by atoms with E-state index in [0.717, 1.165) is 5.56 Å². The molecule has 5 aromatic rings. The minimum absolute atomic E-state index is 0.224. The summed E-state index contributed by atoms with van der Waals surface area (Å²) < 4.78 is 8.26. The molecule has 0 N–H and O–H groups in total. The van der Waals surface area contributed by atoms with Crippen molar-refractivity contribution in [3.05, 3.63) is 130 Å². The van der Waals surface area contributed by atoms with Crippen LogP contribution in [-0.4, -0.2) is 53.6 Å². The van der Waals surface area contributed by atoms with E-state index >= 15 is 0 Å². The van der Waals surface area contributed by atoms with Crippen LogP contribution in [0.25, 0.3) is 5.78 Å². The van der Waals surface area contributed by atoms with Gasteiger partial charge in [0.15, 0.2) is 0 Å². The molecule has 1 spiro atoms. The number of aromatic nitrogens is 4. The first kappa shape index (κ1) is 24.1. The number of hydrogen-bond donors (Lipinski definition) is 0. The number of halogens is 1. The summed E-state index contributed by atoms with van der Waals surface area (Å²) >= 11 is 6.47. The first-order chi connectivity index (χ1) is 20.0. The second-order valence-electron chi connectivity index (χ2n) is 10.4. The summed E-state index contributed by atoms with van der Waals surface area (Å²) in [5, 5.41) is 4.78. The predicted molar refractivity (Wildman–Crippen MR) is 147 cm³/mol. The van der Waals surface area contributed by atoms with E-state index in [1.165, 1.54) is 17.0 Å². The van der Waals surface area contributed by atoms with Crippen molar-refractivity contribution in [2.75, 3.05) is 0 Å². The number of ketones is 2. The van der Waals surface area contributed by atoms with E-state index in [9.17, 15) is 14.4 Å². The van der Waals surface area contributed by atoms with Crippen LogP contribution in [0.3, 0.4) is 0 Å². The Morgan fingerprint density at radius 3 is 2.32 bits per heavy atom. The molecule has 1 amide bonds. The summed E-state index contributed by atoms with van der Waals surface area (Å²) in [6.45, 7) is 0.224. The fourth-order valence-electron chi connectivity index (χ4n) is 6.71. The molecule has 0 radical (unpaired) electrons. The lowest BCUT2D eigenvalue weighted by Gasteiger charge is -2.40. The lowest BCUT2D eigenvalue weighted by Crippen LogP contribution is -2.52. The molecule has 3 aliphatic rings. The molecule has 3 atom stereocenters. The number of carbonyl (C=O) groups is 3. The number of ether oxygens (including phenoxy) is 1. The van der Waals surface area contributed by atoms with Gasteiger partial charge in [0.2, 0.25) is 17.2 Å². The zero-order valence-corrected chi connectivity index (χ0v) is 22.1. The highest BCUT2D eigenvalue weighted by Crippen LogP contribution is 2.58. The molecule has 8 rings (SSSR count). The summed E-state index contributed by atoms with van der Waals surface area (Å²) in [5.74, 6) is -1.77. The van der Waals surface area contributed by atoms with E-state index in [-0.39, 0.29) is 23.8 Å². The predicted octanol–water partition coefficient (Wildman–Crippen LogP) is 4.48. The van der Waals surface area contributed by atoms with Gasteiger partial charge in [-0.3, -0.25) is 14.4 Å². The average Bonchev–Trinajstić information content (AvgIpc) is 3.67. The second kappa shape index (κ2) is 8.63. The highest BCUT2D eigenvalue weighted by molar-refractivity contribution is 6.33. The number of nitrogens with zero attached hydrogens (tertiary/aromatic N) is 5. The fraction of sp³-hybridized carbons (Fsp3) is 0.161. The molecule has 200 valence electrons. The quantitative estimate of drug-likeness (QED) is 0.299. The topological polar surface area (TPSA) is 107 Å². The highest BCUT2D eigenvalue weighted by Gasteiger charge is 2.70. The Hall–Kier alpha value is -4.73. The second-order valence-corrected chi connectivity index (χ2v) is 10.9. The van der Waals surface area contributed by atoms with Crippen LogP contribution in [0.1, 0.15) is 59.9 Å². The van der Waals surface area contributed by atoms with E-state index in [4.69, 9.17) is 16.3 Å². The van der Waals surface area contributed by atoms with Crippen molar-refractivity contribution in [2.45, 2.75) is 30.2 Å². The maximum atomic E-state index is 14.4. The molecule has 2 aromatic heterocycles. The van der Waals surface area contributed by atoms with E-state index in [1.54, 1.807) is 47.4 Å². The number of carbonyl (C=O) groups excluding carboxylic acids is 3. The van der Waals surface area contributed by atoms with Crippen molar-refractivity contribution in [1.82, 2.24) is 24.5 Å². The lowest BCUT2D eigenvalue weighted by atomic mass is 9.73. The Labute approximate surface area is 238 Å². The highest BCUT2D eigenvalue weighted by atomic mass is 35.5. The van der Waals surface area contributed by atoms with E-state index < -0.39 is 35.2 Å². The van der Waals surface area contributed by atoms with Crippen molar-refractivity contribution in [2.24, 2.45) is 0 Å². The molecular formula is C31H20ClN5O4. The van der Waals surface area contributed by atoms with Gasteiger partial charge >= 0.3 is 0 Å². The van der Waals surface area contributed by atoms with Crippen LogP contribution in [0, 0.1) is 0 Å². The van der Waals surface area contributed by atoms with Gasteiger partial charge in [0, 0.05) is 28.9 Å². The van der Waals surface area contributed by atoms with Gasteiger partial charge in [-0.25, -0.2) is 4.98 Å². The minimum atomic E-state index is -1.92. The molecule has 3 aromatic carbocycles. The van der Waals surface area contributed by atoms with Crippen LogP contribution in [-0.2, 0) is 11.3 Å². The van der Waals surface area contributed by atoms with Crippen molar-refractivity contribution >= 4 is 34.9 Å². The molecule has 0 unspecified atom stereocenters. The molecule has 4 heterocycles. The van der Waals surface area contributed by atoms with Gasteiger partial charge in [-0.2, -0.15) is 14.6 Å². The largest absolute Gasteiger partial charge is 0.346 e. The summed E-state index contributed by atoms with van der Waals surface area (Å²) in [7, 11) is 0. The summed E-state index contributed by atoms with van der Waals surface area (Å²) in [6, 6.07) is 22.6. The van der Waals surface area contributed by atoms with Gasteiger partial charge in [0.25, 0.3) is 11.7 Å². The molecule has 0 bridgehead atoms. The molecular weight excluding hydrogens is 542 g/mol. The molecule has 10 heteroatoms. The lowest BCUT2D eigenvalue weighted by molar-refractivity contribution is -0.0248. The van der Waals surface area contributed by atoms with E-state index in [0.29, 0.717) is 27.4 Å². The average molecular weight is 562 g/mol. The van der Waals surface area contributed by atoms with Gasteiger partial charge < -0.3 is 9.64 Å². The van der Waals surface area contributed by atoms with Crippen molar-refractivity contribution < 1.29 is 19.1 Å². The van der Waals surface area contributed by atoms with E-state index in [2.05, 4.69) is 15.1 Å². The van der Waals surface area contributed by atoms with Crippen LogP contribution in [0.4, 0.5) is 0 Å². The van der Waals surface area contributed by atoms with Crippen LogP contribution >= 0.6 is 11.6 Å². The number of benzene rings is 3. The molecule has 9 nitrogen and oxygen atoms in total. The normalized spacial score (nSPS) is 22.3. The van der Waals surface area contributed by atoms with Crippen LogP contribution in [0.2, 0.25) is 5.02 Å². The third kappa shape index (κ3) is 3.21. The molecule has 1 fully saturated rings. The van der Waals surface area contributed by atoms with Crippen molar-refractivity contribution in [3.8, 4) is 0 Å². The number of hydrogen-bond acceptors (Lipinski definition) is 7. The maximum Gasteiger partial charge on any atom is 0.258 e. The Bertz CT molecular complexity index is 1890. The Balaban J connectivity index is 1.42. The number of Topliss-reactive ketones (excluding diaryl/α,β-unsaturated/α-hetero) is 2. The van der Waals surface area contributed by atoms with Gasteiger partial charge in [-0.15, -0.1) is 0 Å². The van der Waals surface area contributed by atoms with Gasteiger partial charge in [0.1, 0.15) is 12.4 Å². The SMILES string of the molecule is O=C1c2cnc3ncnn3c2[C@@H]2OC3(C(=O)c4ccccc4C3=O)[C@H](c3cccc(Cl)c3)[C@H]2N1Cc1ccccc1. The van der Waals surface area contributed by atoms with Crippen LogP contribution in [0.15, 0.2) is 91.4 Å². The van der Waals surface area contributed by atoms with Gasteiger partial charge in [-0.05, 0) is 23.3 Å². The van der Waals surface area contributed by atoms with E-state index in [1.807, 2.05) is 36.4 Å². The summed E-state index contributed by atoms with van der Waals surface area (Å²) in [6.07, 6.45) is 1.91. The number of fused-ring (bicyclic) bond motifs is 6. The van der Waals surface area contributed by atoms with Gasteiger partial charge in [0.05, 0.1) is 23.2 Å². The Morgan fingerprint density at radius 1 is 0.854 bits per heavy atom. The number of rotatable bonds is 3. The Kier molecular flexibility index (Phi) is 5.07. The Morgan fingerprint density at radius 2 is 1.59 bits per heavy atom. The molecule has 0 saturated carbocycles. The third-order valence-electron chi connectivity index (χ3n) is 8.36. The van der Waals surface area contributed by atoms with Crippen LogP contribution in [0.5, 0.6) is 0 Å². The smallest absolute Gasteiger partial charge is 0.258 e. The zero-order valence-electron chi connectivity index (χ0n) is 21.3. The molecule has 1 saturated heterocycles. The third-order valence-corrected chi connectivity index (χ3v) is 8.60. The summed E-state index contributed by atoms with van der Waals surface area (Å²) in [4.78, 5) is 53.3.